The van der Waals surface area contributed by atoms with E-state index in [1.54, 1.807) is 48.6 Å². The van der Waals surface area contributed by atoms with E-state index in [-0.39, 0.29) is 17.7 Å². The van der Waals surface area contributed by atoms with Gasteiger partial charge in [-0.3, -0.25) is 14.4 Å². The number of hydrogen-bond acceptors (Lipinski definition) is 8. The van der Waals surface area contributed by atoms with E-state index in [4.69, 9.17) is 18.9 Å². The van der Waals surface area contributed by atoms with Gasteiger partial charge in [-0.15, -0.1) is 0 Å². The first-order chi connectivity index (χ1) is 21.8. The van der Waals surface area contributed by atoms with Crippen LogP contribution in [0.15, 0.2) is 60.4 Å². The third kappa shape index (κ3) is 14.8. The second-order valence-electron chi connectivity index (χ2n) is 10.7. The number of unbranched alkanes of at least 4 members (excludes halogenated alkanes) is 8. The van der Waals surface area contributed by atoms with Crippen LogP contribution in [0.3, 0.4) is 0 Å². The molecule has 0 unspecified atom stereocenters. The second kappa shape index (κ2) is 21.4. The minimum Gasteiger partial charge on any atom is -0.508 e. The van der Waals surface area contributed by atoms with Crippen molar-refractivity contribution >= 4 is 29.9 Å². The summed E-state index contributed by atoms with van der Waals surface area (Å²) in [7, 11) is 2.97. The first kappa shape index (κ1) is 36.9. The number of aliphatic hydroxyl groups is 1. The van der Waals surface area contributed by atoms with Crippen LogP contribution in [0.1, 0.15) is 102 Å². The largest absolute Gasteiger partial charge is 0.508 e. The molecule has 0 fully saturated rings. The highest BCUT2D eigenvalue weighted by Gasteiger charge is 2.12. The van der Waals surface area contributed by atoms with Gasteiger partial charge >= 0.3 is 11.9 Å². The lowest BCUT2D eigenvalue weighted by Crippen LogP contribution is -2.08. The van der Waals surface area contributed by atoms with Crippen LogP contribution in [0.2, 0.25) is 0 Å². The molecule has 8 heteroatoms. The summed E-state index contributed by atoms with van der Waals surface area (Å²) in [6.07, 6.45) is 18.1. The zero-order valence-electron chi connectivity index (χ0n) is 27.1. The van der Waals surface area contributed by atoms with E-state index < -0.39 is 5.78 Å². The van der Waals surface area contributed by atoms with Crippen molar-refractivity contribution in [3.05, 3.63) is 71.5 Å². The standard InChI is InChI=1S/C37H48O8/c1-5-7-9-11-13-15-36(40)44-32-23-19-28(25-34(32)42-3)17-21-30(38)27-31(39)22-18-29-20-24-33(35(26-29)43-4)45-37(41)16-14-12-10-8-6-2/h17-27,38H,5-16H2,1-4H3/b21-17+,22-18+,30-27?. The monoisotopic (exact) mass is 620 g/mol. The van der Waals surface area contributed by atoms with Crippen molar-refractivity contribution in [1.29, 1.82) is 0 Å². The molecule has 2 aromatic carbocycles. The Bertz CT molecular complexity index is 1320. The first-order valence-electron chi connectivity index (χ1n) is 15.9. The van der Waals surface area contributed by atoms with Crippen LogP contribution in [0.25, 0.3) is 12.2 Å². The third-order valence-corrected chi connectivity index (χ3v) is 6.97. The lowest BCUT2D eigenvalue weighted by molar-refractivity contribution is -0.135. The highest BCUT2D eigenvalue weighted by molar-refractivity contribution is 6.02. The van der Waals surface area contributed by atoms with Crippen LogP contribution in [0.5, 0.6) is 23.0 Å². The number of ketones is 1. The van der Waals surface area contributed by atoms with E-state index in [1.807, 2.05) is 0 Å². The maximum Gasteiger partial charge on any atom is 0.311 e. The molecule has 0 amide bonds. The Kier molecular flexibility index (Phi) is 17.5. The number of carbonyl (C=O) groups excluding carboxylic acids is 3. The van der Waals surface area contributed by atoms with Gasteiger partial charge in [0.1, 0.15) is 5.76 Å². The molecule has 0 saturated carbocycles. The topological polar surface area (TPSA) is 108 Å². The molecule has 2 rings (SSSR count). The summed E-state index contributed by atoms with van der Waals surface area (Å²) < 4.78 is 21.7. The number of aliphatic hydroxyl groups excluding tert-OH is 1. The summed E-state index contributed by atoms with van der Waals surface area (Å²) >= 11 is 0. The zero-order valence-corrected chi connectivity index (χ0v) is 27.1. The highest BCUT2D eigenvalue weighted by Crippen LogP contribution is 2.30. The summed E-state index contributed by atoms with van der Waals surface area (Å²) in [5.74, 6) is 0.138. The maximum absolute atomic E-state index is 12.4. The Morgan fingerprint density at radius 1 is 0.622 bits per heavy atom. The fraction of sp³-hybridized carbons (Fsp3) is 0.432. The van der Waals surface area contributed by atoms with E-state index in [1.165, 1.54) is 26.4 Å². The average Bonchev–Trinajstić information content (AvgIpc) is 3.03. The molecule has 0 aliphatic heterocycles. The van der Waals surface area contributed by atoms with Crippen molar-refractivity contribution in [1.82, 2.24) is 0 Å². The molecule has 0 spiro atoms. The molecule has 8 nitrogen and oxygen atoms in total. The van der Waals surface area contributed by atoms with E-state index in [0.717, 1.165) is 70.3 Å². The smallest absolute Gasteiger partial charge is 0.311 e. The molecule has 1 N–H and O–H groups in total. The summed E-state index contributed by atoms with van der Waals surface area (Å²) in [6.45, 7) is 4.29. The maximum atomic E-state index is 12.4. The Morgan fingerprint density at radius 2 is 1.07 bits per heavy atom. The molecule has 0 radical (unpaired) electrons. The van der Waals surface area contributed by atoms with Gasteiger partial charge in [0.2, 0.25) is 0 Å². The summed E-state index contributed by atoms with van der Waals surface area (Å²) in [5, 5.41) is 10.3. The molecule has 0 aliphatic rings. The van der Waals surface area contributed by atoms with Gasteiger partial charge in [0.15, 0.2) is 28.8 Å². The van der Waals surface area contributed by atoms with Gasteiger partial charge in [-0.05, 0) is 60.4 Å². The van der Waals surface area contributed by atoms with Gasteiger partial charge < -0.3 is 24.1 Å². The minimum absolute atomic E-state index is 0.239. The fourth-order valence-electron chi connectivity index (χ4n) is 4.44. The van der Waals surface area contributed by atoms with Crippen LogP contribution in [-0.4, -0.2) is 37.0 Å². The van der Waals surface area contributed by atoms with Crippen LogP contribution < -0.4 is 18.9 Å². The van der Waals surface area contributed by atoms with E-state index in [9.17, 15) is 19.5 Å². The molecule has 0 atom stereocenters. The summed E-state index contributed by atoms with van der Waals surface area (Å²) in [5.41, 5.74) is 1.34. The molecule has 45 heavy (non-hydrogen) atoms. The molecule has 0 aliphatic carbocycles. The van der Waals surface area contributed by atoms with E-state index >= 15 is 0 Å². The van der Waals surface area contributed by atoms with Gasteiger partial charge in [0.05, 0.1) is 14.2 Å². The van der Waals surface area contributed by atoms with Crippen molar-refractivity contribution in [3.63, 3.8) is 0 Å². The Balaban J connectivity index is 1.93. The number of esters is 2. The van der Waals surface area contributed by atoms with Crippen molar-refractivity contribution < 1.29 is 38.4 Å². The molecular weight excluding hydrogens is 572 g/mol. The number of hydrogen-bond donors (Lipinski definition) is 1. The number of ether oxygens (including phenoxy) is 4. The van der Waals surface area contributed by atoms with Crippen molar-refractivity contribution in [2.24, 2.45) is 0 Å². The Morgan fingerprint density at radius 3 is 1.51 bits per heavy atom. The predicted molar refractivity (Wildman–Crippen MR) is 178 cm³/mol. The first-order valence-corrected chi connectivity index (χ1v) is 15.9. The molecule has 0 heterocycles. The van der Waals surface area contributed by atoms with Gasteiger partial charge in [0, 0.05) is 18.9 Å². The molecule has 2 aromatic rings. The highest BCUT2D eigenvalue weighted by atomic mass is 16.6. The SMILES string of the molecule is CCCCCCCC(=O)Oc1ccc(/C=C/C(=O)C=C(O)/C=C/c2ccc(OC(=O)CCCCCCC)c(OC)c2)cc1OC. The molecule has 0 bridgehead atoms. The second-order valence-corrected chi connectivity index (χ2v) is 10.7. The van der Waals surface area contributed by atoms with Gasteiger partial charge in [-0.2, -0.15) is 0 Å². The Hall–Kier alpha value is -4.33. The van der Waals surface area contributed by atoms with Crippen LogP contribution >= 0.6 is 0 Å². The lowest BCUT2D eigenvalue weighted by atomic mass is 10.1. The zero-order chi connectivity index (χ0) is 32.9. The third-order valence-electron chi connectivity index (χ3n) is 6.97. The van der Waals surface area contributed by atoms with Crippen LogP contribution in [0.4, 0.5) is 0 Å². The van der Waals surface area contributed by atoms with Gasteiger partial charge in [0.25, 0.3) is 0 Å². The number of allylic oxidation sites excluding steroid dienone is 3. The van der Waals surface area contributed by atoms with Crippen LogP contribution in [-0.2, 0) is 14.4 Å². The van der Waals surface area contributed by atoms with Crippen LogP contribution in [0, 0.1) is 0 Å². The molecular formula is C37H48O8. The van der Waals surface area contributed by atoms with Crippen molar-refractivity contribution in [2.75, 3.05) is 14.2 Å². The predicted octanol–water partition coefficient (Wildman–Crippen LogP) is 8.97. The van der Waals surface area contributed by atoms with Crippen molar-refractivity contribution in [3.8, 4) is 23.0 Å². The Labute approximate surface area is 267 Å². The number of rotatable bonds is 21. The summed E-state index contributed by atoms with van der Waals surface area (Å²) in [6, 6.07) is 10.0. The van der Waals surface area contributed by atoms with Crippen molar-refractivity contribution in [2.45, 2.75) is 90.9 Å². The molecule has 0 saturated heterocycles. The van der Waals surface area contributed by atoms with Gasteiger partial charge in [-0.1, -0.05) is 89.5 Å². The minimum atomic E-state index is -0.427. The average molecular weight is 621 g/mol. The number of methoxy groups -OCH3 is 2. The number of carbonyl (C=O) groups is 3. The normalized spacial score (nSPS) is 11.6. The van der Waals surface area contributed by atoms with Gasteiger partial charge in [-0.25, -0.2) is 0 Å². The summed E-state index contributed by atoms with van der Waals surface area (Å²) in [4.78, 5) is 36.8. The fourth-order valence-corrected chi connectivity index (χ4v) is 4.44. The molecule has 244 valence electrons. The lowest BCUT2D eigenvalue weighted by Gasteiger charge is -2.10. The molecule has 0 aromatic heterocycles. The van der Waals surface area contributed by atoms with E-state index in [0.29, 0.717) is 47.0 Å². The quantitative estimate of drug-likeness (QED) is 0.0368. The number of benzene rings is 2. The van der Waals surface area contributed by atoms with E-state index in [2.05, 4.69) is 13.8 Å².